The van der Waals surface area contributed by atoms with Crippen molar-refractivity contribution in [2.45, 2.75) is 5.92 Å². The Hall–Kier alpha value is -3.45. The zero-order valence-corrected chi connectivity index (χ0v) is 15.2. The first-order valence-electron chi connectivity index (χ1n) is 8.43. The lowest BCUT2D eigenvalue weighted by molar-refractivity contribution is 0.0690. The van der Waals surface area contributed by atoms with Crippen LogP contribution in [0.5, 0.6) is 0 Å². The van der Waals surface area contributed by atoms with E-state index in [0.29, 0.717) is 0 Å². The normalized spacial score (nSPS) is 12.2. The first kappa shape index (κ1) is 17.9. The van der Waals surface area contributed by atoms with E-state index < -0.39 is 17.8 Å². The molecule has 0 bridgehead atoms. The van der Waals surface area contributed by atoms with Crippen LogP contribution < -0.4 is 5.32 Å². The number of hydrogen-bond donors (Lipinski definition) is 2. The second-order valence-corrected chi connectivity index (χ2v) is 6.57. The Morgan fingerprint density at radius 1 is 1.04 bits per heavy atom. The van der Waals surface area contributed by atoms with Crippen LogP contribution in [-0.2, 0) is 4.74 Å². The van der Waals surface area contributed by atoms with Crippen molar-refractivity contribution in [2.75, 3.05) is 11.9 Å². The third-order valence-corrected chi connectivity index (χ3v) is 4.73. The molecule has 0 radical (unpaired) electrons. The lowest BCUT2D eigenvalue weighted by atomic mass is 9.98. The number of rotatable bonds is 4. The highest BCUT2D eigenvalue weighted by Gasteiger charge is 2.29. The molecule has 4 rings (SSSR count). The van der Waals surface area contributed by atoms with E-state index in [0.717, 1.165) is 22.3 Å². The van der Waals surface area contributed by atoms with Crippen molar-refractivity contribution in [3.63, 3.8) is 0 Å². The SMILES string of the molecule is O=C(Nc1cc(Cl)nnc1C(=O)O)OCC1c2ccccc2-c2ccccc21. The number of halogens is 1. The molecule has 140 valence electrons. The van der Waals surface area contributed by atoms with E-state index in [1.165, 1.54) is 6.07 Å². The van der Waals surface area contributed by atoms with Crippen molar-refractivity contribution in [1.29, 1.82) is 0 Å². The number of ether oxygens (including phenoxy) is 1. The number of aromatic carboxylic acids is 1. The molecule has 1 aliphatic carbocycles. The molecule has 0 aliphatic heterocycles. The molecule has 2 aromatic carbocycles. The van der Waals surface area contributed by atoms with Crippen LogP contribution in [0.2, 0.25) is 5.15 Å². The van der Waals surface area contributed by atoms with Gasteiger partial charge in [-0.2, -0.15) is 0 Å². The molecule has 7 nitrogen and oxygen atoms in total. The Morgan fingerprint density at radius 2 is 1.64 bits per heavy atom. The summed E-state index contributed by atoms with van der Waals surface area (Å²) in [7, 11) is 0. The van der Waals surface area contributed by atoms with Crippen molar-refractivity contribution in [1.82, 2.24) is 10.2 Å². The highest BCUT2D eigenvalue weighted by atomic mass is 35.5. The average molecular weight is 396 g/mol. The summed E-state index contributed by atoms with van der Waals surface area (Å²) in [5, 5.41) is 18.4. The molecule has 0 saturated heterocycles. The van der Waals surface area contributed by atoms with Gasteiger partial charge in [0.2, 0.25) is 0 Å². The molecule has 28 heavy (non-hydrogen) atoms. The zero-order valence-electron chi connectivity index (χ0n) is 14.4. The van der Waals surface area contributed by atoms with E-state index in [-0.39, 0.29) is 23.4 Å². The predicted octanol–water partition coefficient (Wildman–Crippen LogP) is 4.19. The van der Waals surface area contributed by atoms with E-state index in [4.69, 9.17) is 21.4 Å². The minimum Gasteiger partial charge on any atom is -0.476 e. The van der Waals surface area contributed by atoms with Crippen molar-refractivity contribution in [3.8, 4) is 11.1 Å². The number of carbonyl (C=O) groups is 2. The number of carboxylic acids is 1. The molecule has 1 amide bonds. The average Bonchev–Trinajstić information content (AvgIpc) is 3.00. The third kappa shape index (κ3) is 3.27. The lowest BCUT2D eigenvalue weighted by Crippen LogP contribution is -2.20. The highest BCUT2D eigenvalue weighted by molar-refractivity contribution is 6.29. The number of nitrogens with one attached hydrogen (secondary N) is 1. The molecule has 0 saturated carbocycles. The number of benzene rings is 2. The second-order valence-electron chi connectivity index (χ2n) is 6.19. The third-order valence-electron chi connectivity index (χ3n) is 4.55. The number of anilines is 1. The van der Waals surface area contributed by atoms with Crippen LogP contribution in [-0.4, -0.2) is 34.0 Å². The summed E-state index contributed by atoms with van der Waals surface area (Å²) in [6, 6.07) is 17.1. The molecule has 2 N–H and O–H groups in total. The maximum atomic E-state index is 12.3. The van der Waals surface area contributed by atoms with E-state index in [1.807, 2.05) is 48.5 Å². The molecule has 3 aromatic rings. The van der Waals surface area contributed by atoms with Gasteiger partial charge in [0.25, 0.3) is 0 Å². The van der Waals surface area contributed by atoms with Gasteiger partial charge in [-0.1, -0.05) is 60.1 Å². The van der Waals surface area contributed by atoms with E-state index >= 15 is 0 Å². The fourth-order valence-electron chi connectivity index (χ4n) is 3.37. The maximum Gasteiger partial charge on any atom is 0.411 e. The number of aromatic nitrogens is 2. The van der Waals surface area contributed by atoms with Gasteiger partial charge in [0.15, 0.2) is 10.8 Å². The Kier molecular flexibility index (Phi) is 4.67. The van der Waals surface area contributed by atoms with Crippen LogP contribution in [0.15, 0.2) is 54.6 Å². The van der Waals surface area contributed by atoms with Crippen molar-refractivity contribution in [2.24, 2.45) is 0 Å². The van der Waals surface area contributed by atoms with Crippen LogP contribution in [0.3, 0.4) is 0 Å². The second kappa shape index (κ2) is 7.28. The smallest absolute Gasteiger partial charge is 0.411 e. The molecular weight excluding hydrogens is 382 g/mol. The zero-order chi connectivity index (χ0) is 19.7. The Balaban J connectivity index is 1.52. The molecule has 1 heterocycles. The molecule has 8 heteroatoms. The number of fused-ring (bicyclic) bond motifs is 3. The van der Waals surface area contributed by atoms with Crippen molar-refractivity contribution < 1.29 is 19.4 Å². The Morgan fingerprint density at radius 3 is 2.25 bits per heavy atom. The van der Waals surface area contributed by atoms with Crippen molar-refractivity contribution in [3.05, 3.63) is 76.6 Å². The maximum absolute atomic E-state index is 12.3. The summed E-state index contributed by atoms with van der Waals surface area (Å²) in [5.74, 6) is -1.44. The van der Waals surface area contributed by atoms with Crippen LogP contribution in [0.4, 0.5) is 10.5 Å². The summed E-state index contributed by atoms with van der Waals surface area (Å²) >= 11 is 5.74. The van der Waals surface area contributed by atoms with Gasteiger partial charge < -0.3 is 9.84 Å². The summed E-state index contributed by atoms with van der Waals surface area (Å²) in [5.41, 5.74) is 3.89. The summed E-state index contributed by atoms with van der Waals surface area (Å²) in [6.07, 6.45) is -0.798. The quantitative estimate of drug-likeness (QED) is 0.686. The Labute approximate surface area is 164 Å². The molecular formula is C20H14ClN3O4. The lowest BCUT2D eigenvalue weighted by Gasteiger charge is -2.15. The number of hydrogen-bond acceptors (Lipinski definition) is 5. The summed E-state index contributed by atoms with van der Waals surface area (Å²) in [4.78, 5) is 23.5. The predicted molar refractivity (Wildman–Crippen MR) is 103 cm³/mol. The minimum absolute atomic E-state index is 0.0426. The highest BCUT2D eigenvalue weighted by Crippen LogP contribution is 2.44. The van der Waals surface area contributed by atoms with Crippen LogP contribution in [0.25, 0.3) is 11.1 Å². The summed E-state index contributed by atoms with van der Waals surface area (Å²) in [6.45, 7) is 0.106. The standard InChI is InChI=1S/C20H14ClN3O4/c21-17-9-16(18(19(25)26)24-23-17)22-20(27)28-10-15-13-7-3-1-5-11(13)12-6-2-4-8-14(12)15/h1-9,15H,10H2,(H,25,26)(H,22,23,27). The first-order chi connectivity index (χ1) is 13.5. The monoisotopic (exact) mass is 395 g/mol. The van der Waals surface area contributed by atoms with Crippen molar-refractivity contribution >= 4 is 29.4 Å². The van der Waals surface area contributed by atoms with Crippen LogP contribution in [0, 0.1) is 0 Å². The Bertz CT molecular complexity index is 1040. The van der Waals surface area contributed by atoms with Gasteiger partial charge in [-0.15, -0.1) is 10.2 Å². The fourth-order valence-corrected chi connectivity index (χ4v) is 3.51. The fraction of sp³-hybridized carbons (Fsp3) is 0.100. The van der Waals surface area contributed by atoms with Gasteiger partial charge in [0.1, 0.15) is 6.61 Å². The van der Waals surface area contributed by atoms with Gasteiger partial charge in [-0.05, 0) is 22.3 Å². The van der Waals surface area contributed by atoms with E-state index in [9.17, 15) is 9.59 Å². The van der Waals surface area contributed by atoms with Gasteiger partial charge >= 0.3 is 12.1 Å². The van der Waals surface area contributed by atoms with Gasteiger partial charge in [0, 0.05) is 12.0 Å². The van der Waals surface area contributed by atoms with Crippen LogP contribution >= 0.6 is 11.6 Å². The molecule has 0 fully saturated rings. The number of carbonyl (C=O) groups excluding carboxylic acids is 1. The first-order valence-corrected chi connectivity index (χ1v) is 8.81. The molecule has 0 unspecified atom stereocenters. The molecule has 0 spiro atoms. The number of amides is 1. The number of carboxylic acid groups (broad SMARTS) is 1. The van der Waals surface area contributed by atoms with E-state index in [2.05, 4.69) is 15.5 Å². The van der Waals surface area contributed by atoms with Gasteiger partial charge in [-0.25, -0.2) is 9.59 Å². The van der Waals surface area contributed by atoms with Gasteiger partial charge in [0.05, 0.1) is 5.69 Å². The van der Waals surface area contributed by atoms with E-state index in [1.54, 1.807) is 0 Å². The van der Waals surface area contributed by atoms with Gasteiger partial charge in [-0.3, -0.25) is 5.32 Å². The largest absolute Gasteiger partial charge is 0.476 e. The minimum atomic E-state index is -1.34. The molecule has 1 aliphatic rings. The number of nitrogens with zero attached hydrogens (tertiary/aromatic N) is 2. The summed E-state index contributed by atoms with van der Waals surface area (Å²) < 4.78 is 5.38. The van der Waals surface area contributed by atoms with Crippen LogP contribution in [0.1, 0.15) is 27.5 Å². The molecule has 1 aromatic heterocycles. The molecule has 0 atom stereocenters. The topological polar surface area (TPSA) is 101 Å².